The highest BCUT2D eigenvalue weighted by Crippen LogP contribution is 2.43. The van der Waals surface area contributed by atoms with E-state index in [2.05, 4.69) is 11.9 Å². The summed E-state index contributed by atoms with van der Waals surface area (Å²) in [6, 6.07) is 13.6. The third kappa shape index (κ3) is 5.92. The second kappa shape index (κ2) is 12.5. The van der Waals surface area contributed by atoms with Crippen molar-refractivity contribution in [2.75, 3.05) is 13.2 Å². The van der Waals surface area contributed by atoms with Crippen LogP contribution in [0.2, 0.25) is 0 Å². The van der Waals surface area contributed by atoms with Crippen molar-refractivity contribution >= 4 is 17.4 Å². The maximum Gasteiger partial charge on any atom is 0.295 e. The fourth-order valence-corrected chi connectivity index (χ4v) is 5.42. The largest absolute Gasteiger partial charge is 0.507 e. The molecule has 214 valence electrons. The Hall–Kier alpha value is -4.33. The number of hydrogen-bond acceptors (Lipinski definition) is 7. The predicted octanol–water partition coefficient (Wildman–Crippen LogP) is 5.99. The van der Waals surface area contributed by atoms with E-state index in [0.29, 0.717) is 42.3 Å². The van der Waals surface area contributed by atoms with Crippen LogP contribution in [0, 0.1) is 0 Å². The van der Waals surface area contributed by atoms with Crippen LogP contribution in [-0.4, -0.2) is 46.0 Å². The molecule has 1 N–H and O–H groups in total. The molecule has 3 aromatic rings. The van der Waals surface area contributed by atoms with Crippen molar-refractivity contribution in [2.45, 2.75) is 65.1 Å². The number of Topliss-reactive ketones (excluding diaryl/α,β-unsaturated/α-hetero) is 1. The lowest BCUT2D eigenvalue weighted by molar-refractivity contribution is -0.140. The van der Waals surface area contributed by atoms with Crippen molar-refractivity contribution in [1.82, 2.24) is 9.88 Å². The molecule has 2 aromatic carbocycles. The van der Waals surface area contributed by atoms with Crippen LogP contribution in [0.15, 0.2) is 66.5 Å². The van der Waals surface area contributed by atoms with Crippen LogP contribution in [0.3, 0.4) is 0 Å². The number of likely N-dealkylation sites (tertiary alicyclic amines) is 1. The number of aliphatic hydroxyl groups is 1. The van der Waals surface area contributed by atoms with Crippen molar-refractivity contribution in [3.8, 4) is 17.2 Å². The van der Waals surface area contributed by atoms with E-state index in [-0.39, 0.29) is 24.0 Å². The zero-order valence-electron chi connectivity index (χ0n) is 23.8. The van der Waals surface area contributed by atoms with Gasteiger partial charge >= 0.3 is 0 Å². The summed E-state index contributed by atoms with van der Waals surface area (Å²) in [5.74, 6) is 0.268. The van der Waals surface area contributed by atoms with Crippen molar-refractivity contribution in [3.63, 3.8) is 0 Å². The first-order valence-electron chi connectivity index (χ1n) is 14.3. The smallest absolute Gasteiger partial charge is 0.295 e. The van der Waals surface area contributed by atoms with Crippen molar-refractivity contribution < 1.29 is 28.9 Å². The molecule has 0 bridgehead atoms. The number of pyridine rings is 1. The molecule has 3 heterocycles. The molecule has 1 fully saturated rings. The fraction of sp³-hybridized carbons (Fsp3) is 0.364. The van der Waals surface area contributed by atoms with Gasteiger partial charge in [-0.25, -0.2) is 0 Å². The number of amides is 1. The first-order chi connectivity index (χ1) is 19.9. The van der Waals surface area contributed by atoms with E-state index in [1.807, 2.05) is 32.0 Å². The zero-order valence-corrected chi connectivity index (χ0v) is 23.8. The molecule has 2 atom stereocenters. The summed E-state index contributed by atoms with van der Waals surface area (Å²) in [7, 11) is 0. The number of nitrogens with zero attached hydrogens (tertiary/aromatic N) is 2. The molecule has 2 aliphatic heterocycles. The Morgan fingerprint density at radius 3 is 2.59 bits per heavy atom. The third-order valence-corrected chi connectivity index (χ3v) is 7.40. The predicted molar refractivity (Wildman–Crippen MR) is 155 cm³/mol. The van der Waals surface area contributed by atoms with Gasteiger partial charge in [-0.3, -0.25) is 14.6 Å². The number of hydrogen-bond donors (Lipinski definition) is 1. The molecule has 0 unspecified atom stereocenters. The van der Waals surface area contributed by atoms with Gasteiger partial charge in [0.15, 0.2) is 11.5 Å². The fourth-order valence-electron chi connectivity index (χ4n) is 5.42. The highest BCUT2D eigenvalue weighted by molar-refractivity contribution is 6.46. The van der Waals surface area contributed by atoms with Gasteiger partial charge in [0.1, 0.15) is 17.6 Å². The van der Waals surface area contributed by atoms with Gasteiger partial charge in [-0.15, -0.1) is 0 Å². The molecular formula is C33H36N2O6. The van der Waals surface area contributed by atoms with Crippen molar-refractivity contribution in [1.29, 1.82) is 0 Å². The van der Waals surface area contributed by atoms with Crippen LogP contribution in [0.1, 0.15) is 68.3 Å². The second-order valence-corrected chi connectivity index (χ2v) is 10.4. The molecule has 0 saturated carbocycles. The van der Waals surface area contributed by atoms with E-state index in [4.69, 9.17) is 14.2 Å². The first-order valence-corrected chi connectivity index (χ1v) is 14.3. The van der Waals surface area contributed by atoms with E-state index in [9.17, 15) is 14.7 Å². The molecule has 1 amide bonds. The molecule has 0 radical (unpaired) electrons. The number of carbonyl (C=O) groups is 2. The SMILES string of the molecule is CCCCCOc1ccc([C@@H]2/C(=C(\O)c3ccc4c(c3)C[C@@H](C)O4)C(=O)C(=O)N2Cc2ccncc2)cc1OCC. The second-order valence-electron chi connectivity index (χ2n) is 10.4. The number of aromatic nitrogens is 1. The normalized spacial score (nSPS) is 19.2. The molecule has 5 rings (SSSR count). The number of aliphatic hydroxyl groups excluding tert-OH is 1. The van der Waals surface area contributed by atoms with Crippen LogP contribution < -0.4 is 14.2 Å². The van der Waals surface area contributed by atoms with Crippen LogP contribution in [-0.2, 0) is 22.6 Å². The van der Waals surface area contributed by atoms with Crippen LogP contribution in [0.4, 0.5) is 0 Å². The molecule has 8 heteroatoms. The Balaban J connectivity index is 1.59. The van der Waals surface area contributed by atoms with Crippen molar-refractivity contribution in [3.05, 3.63) is 88.8 Å². The third-order valence-electron chi connectivity index (χ3n) is 7.40. The Morgan fingerprint density at radius 1 is 1.02 bits per heavy atom. The molecule has 2 aliphatic rings. The van der Waals surface area contributed by atoms with Gasteiger partial charge in [0.05, 0.1) is 24.8 Å². The average molecular weight is 557 g/mol. The Kier molecular flexibility index (Phi) is 8.57. The Morgan fingerprint density at radius 2 is 1.83 bits per heavy atom. The standard InChI is InChI=1S/C33H36N2O6/c1-4-6-7-16-40-27-11-8-23(19-28(27)39-5-2)30-29(31(36)24-9-10-26-25(18-24)17-21(3)41-26)32(37)33(38)35(30)20-22-12-14-34-15-13-22/h8-15,18-19,21,30,36H,4-7,16-17,20H2,1-3H3/b31-29+/t21-,30-/m1/s1. The molecule has 41 heavy (non-hydrogen) atoms. The minimum absolute atomic E-state index is 0.0352. The van der Waals surface area contributed by atoms with Crippen LogP contribution >= 0.6 is 0 Å². The van der Waals surface area contributed by atoms with Gasteiger partial charge in [0.2, 0.25) is 0 Å². The summed E-state index contributed by atoms with van der Waals surface area (Å²) in [6.45, 7) is 7.16. The highest BCUT2D eigenvalue weighted by Gasteiger charge is 2.46. The summed E-state index contributed by atoms with van der Waals surface area (Å²) in [6.07, 6.45) is 7.12. The highest BCUT2D eigenvalue weighted by atomic mass is 16.5. The lowest BCUT2D eigenvalue weighted by Crippen LogP contribution is -2.29. The number of rotatable bonds is 11. The van der Waals surface area contributed by atoms with Crippen LogP contribution in [0.5, 0.6) is 17.2 Å². The number of carbonyl (C=O) groups excluding carboxylic acids is 2. The minimum atomic E-state index is -0.833. The molecule has 1 aromatic heterocycles. The first kappa shape index (κ1) is 28.2. The lowest BCUT2D eigenvalue weighted by Gasteiger charge is -2.26. The van der Waals surface area contributed by atoms with E-state index < -0.39 is 17.7 Å². The van der Waals surface area contributed by atoms with E-state index in [0.717, 1.165) is 36.1 Å². The summed E-state index contributed by atoms with van der Waals surface area (Å²) in [5, 5.41) is 11.6. The molecular weight excluding hydrogens is 520 g/mol. The number of fused-ring (bicyclic) bond motifs is 1. The lowest BCUT2D eigenvalue weighted by atomic mass is 9.94. The monoisotopic (exact) mass is 556 g/mol. The topological polar surface area (TPSA) is 98.2 Å². The number of unbranched alkanes of at least 4 members (excludes halogenated alkanes) is 2. The number of ketones is 1. The summed E-state index contributed by atoms with van der Waals surface area (Å²) in [5.41, 5.74) is 2.91. The molecule has 8 nitrogen and oxygen atoms in total. The molecule has 0 aliphatic carbocycles. The maximum absolute atomic E-state index is 13.6. The average Bonchev–Trinajstić information content (AvgIpc) is 3.47. The van der Waals surface area contributed by atoms with E-state index in [1.165, 1.54) is 4.90 Å². The number of benzene rings is 2. The van der Waals surface area contributed by atoms with Gasteiger partial charge in [0.25, 0.3) is 11.7 Å². The van der Waals surface area contributed by atoms with Gasteiger partial charge in [-0.2, -0.15) is 0 Å². The van der Waals surface area contributed by atoms with Gasteiger partial charge in [-0.1, -0.05) is 25.8 Å². The quantitative estimate of drug-likeness (QED) is 0.134. The molecule has 1 saturated heterocycles. The van der Waals surface area contributed by atoms with Crippen LogP contribution in [0.25, 0.3) is 5.76 Å². The maximum atomic E-state index is 13.6. The Bertz CT molecular complexity index is 1450. The number of ether oxygens (including phenoxy) is 3. The van der Waals surface area contributed by atoms with Gasteiger partial charge < -0.3 is 24.2 Å². The molecule has 0 spiro atoms. The summed E-state index contributed by atoms with van der Waals surface area (Å²) >= 11 is 0. The summed E-state index contributed by atoms with van der Waals surface area (Å²) in [4.78, 5) is 32.6. The minimum Gasteiger partial charge on any atom is -0.507 e. The van der Waals surface area contributed by atoms with E-state index in [1.54, 1.807) is 42.7 Å². The zero-order chi connectivity index (χ0) is 28.9. The van der Waals surface area contributed by atoms with E-state index >= 15 is 0 Å². The summed E-state index contributed by atoms with van der Waals surface area (Å²) < 4.78 is 17.8. The Labute approximate surface area is 240 Å². The van der Waals surface area contributed by atoms with Gasteiger partial charge in [-0.05, 0) is 79.4 Å². The van der Waals surface area contributed by atoms with Crippen molar-refractivity contribution in [2.24, 2.45) is 0 Å². The van der Waals surface area contributed by atoms with Gasteiger partial charge in [0, 0.05) is 30.9 Å².